The average molecular weight is 503 g/mol. The fourth-order valence-corrected chi connectivity index (χ4v) is 2.93. The van der Waals surface area contributed by atoms with Gasteiger partial charge >= 0.3 is 5.97 Å². The Morgan fingerprint density at radius 1 is 0.857 bits per heavy atom. The van der Waals surface area contributed by atoms with E-state index in [1.807, 2.05) is 13.8 Å². The lowest BCUT2D eigenvalue weighted by Crippen LogP contribution is -2.57. The van der Waals surface area contributed by atoms with Gasteiger partial charge < -0.3 is 49.1 Å². The van der Waals surface area contributed by atoms with Gasteiger partial charge in [0.1, 0.15) is 24.2 Å². The number of guanidine groups is 1. The summed E-state index contributed by atoms with van der Waals surface area (Å²) in [6.07, 6.45) is -0.0160. The van der Waals surface area contributed by atoms with Crippen molar-refractivity contribution in [3.8, 4) is 0 Å². The van der Waals surface area contributed by atoms with Crippen LogP contribution in [0.25, 0.3) is 0 Å². The first kappa shape index (κ1) is 31.5. The van der Waals surface area contributed by atoms with Gasteiger partial charge in [-0.1, -0.05) is 13.8 Å². The highest BCUT2D eigenvalue weighted by Gasteiger charge is 2.30. The molecular formula is C20H38N8O7. The Morgan fingerprint density at radius 3 is 1.89 bits per heavy atom. The Bertz CT molecular complexity index is 771. The summed E-state index contributed by atoms with van der Waals surface area (Å²) in [5.74, 6) is -4.58. The molecular weight excluding hydrogens is 464 g/mol. The first-order chi connectivity index (χ1) is 16.3. The molecule has 4 amide bonds. The van der Waals surface area contributed by atoms with Crippen LogP contribution in [-0.2, 0) is 24.0 Å². The van der Waals surface area contributed by atoms with Gasteiger partial charge in [-0.25, -0.2) is 4.79 Å². The monoisotopic (exact) mass is 502 g/mol. The predicted octanol–water partition coefficient (Wildman–Crippen LogP) is -3.79. The van der Waals surface area contributed by atoms with Crippen molar-refractivity contribution in [3.05, 3.63) is 0 Å². The second-order valence-corrected chi connectivity index (χ2v) is 8.39. The topological polar surface area (TPSA) is 278 Å². The highest BCUT2D eigenvalue weighted by atomic mass is 16.4. The van der Waals surface area contributed by atoms with Crippen LogP contribution in [0.5, 0.6) is 0 Å². The number of carbonyl (C=O) groups excluding carboxylic acids is 4. The van der Waals surface area contributed by atoms with E-state index in [0.717, 1.165) is 0 Å². The van der Waals surface area contributed by atoms with Crippen molar-refractivity contribution in [1.82, 2.24) is 16.0 Å². The van der Waals surface area contributed by atoms with Gasteiger partial charge in [0.05, 0.1) is 6.61 Å². The van der Waals surface area contributed by atoms with Crippen LogP contribution in [0, 0.1) is 5.92 Å². The summed E-state index contributed by atoms with van der Waals surface area (Å²) in [5.41, 5.74) is 21.1. The molecule has 0 aliphatic carbocycles. The first-order valence-corrected chi connectivity index (χ1v) is 11.1. The molecule has 0 aromatic carbocycles. The lowest BCUT2D eigenvalue weighted by Gasteiger charge is -2.26. The number of nitrogens with one attached hydrogen (secondary N) is 3. The number of nitrogens with zero attached hydrogens (tertiary/aromatic N) is 1. The lowest BCUT2D eigenvalue weighted by molar-refractivity contribution is -0.142. The third-order valence-corrected chi connectivity index (χ3v) is 4.75. The summed E-state index contributed by atoms with van der Waals surface area (Å²) in [6, 6.07) is -4.93. The summed E-state index contributed by atoms with van der Waals surface area (Å²) in [5, 5.41) is 25.7. The Hall–Kier alpha value is -3.46. The minimum atomic E-state index is -1.42. The Balaban J connectivity index is 5.61. The minimum absolute atomic E-state index is 0.0317. The van der Waals surface area contributed by atoms with Crippen molar-refractivity contribution in [2.45, 2.75) is 70.1 Å². The molecule has 0 bridgehead atoms. The van der Waals surface area contributed by atoms with Gasteiger partial charge in [-0.05, 0) is 31.6 Å². The van der Waals surface area contributed by atoms with E-state index < -0.39 is 60.4 Å². The van der Waals surface area contributed by atoms with Crippen LogP contribution >= 0.6 is 0 Å². The zero-order valence-corrected chi connectivity index (χ0v) is 20.0. The normalized spacial score (nSPS) is 14.2. The Kier molecular flexibility index (Phi) is 14.6. The third-order valence-electron chi connectivity index (χ3n) is 4.75. The number of aliphatic imine (C=N–C) groups is 1. The Labute approximate surface area is 203 Å². The maximum absolute atomic E-state index is 13.0. The molecule has 0 aromatic rings. The highest BCUT2D eigenvalue weighted by Crippen LogP contribution is 2.08. The van der Waals surface area contributed by atoms with Crippen molar-refractivity contribution in [2.75, 3.05) is 13.2 Å². The molecule has 200 valence electrons. The van der Waals surface area contributed by atoms with Gasteiger partial charge in [0.25, 0.3) is 0 Å². The summed E-state index contributed by atoms with van der Waals surface area (Å²) >= 11 is 0. The second-order valence-electron chi connectivity index (χ2n) is 8.39. The van der Waals surface area contributed by atoms with E-state index in [-0.39, 0.29) is 50.5 Å². The molecule has 0 rings (SSSR count). The van der Waals surface area contributed by atoms with E-state index >= 15 is 0 Å². The number of carboxylic acids is 1. The number of hydrogen-bond donors (Lipinski definition) is 9. The van der Waals surface area contributed by atoms with Crippen LogP contribution in [0.3, 0.4) is 0 Å². The quantitative estimate of drug-likeness (QED) is 0.0531. The smallest absolute Gasteiger partial charge is 0.326 e. The Morgan fingerprint density at radius 2 is 1.40 bits per heavy atom. The van der Waals surface area contributed by atoms with E-state index in [9.17, 15) is 29.1 Å². The third kappa shape index (κ3) is 13.7. The van der Waals surface area contributed by atoms with Gasteiger partial charge in [-0.15, -0.1) is 0 Å². The van der Waals surface area contributed by atoms with Gasteiger partial charge in [0.2, 0.25) is 23.6 Å². The van der Waals surface area contributed by atoms with Crippen molar-refractivity contribution < 1.29 is 34.2 Å². The van der Waals surface area contributed by atoms with Crippen molar-refractivity contribution in [3.63, 3.8) is 0 Å². The van der Waals surface area contributed by atoms with E-state index in [0.29, 0.717) is 0 Å². The molecule has 0 saturated carbocycles. The number of carboxylic acid groups (broad SMARTS) is 1. The van der Waals surface area contributed by atoms with Crippen LogP contribution in [0.1, 0.15) is 46.0 Å². The molecule has 4 atom stereocenters. The molecule has 4 unspecified atom stereocenters. The molecule has 15 nitrogen and oxygen atoms in total. The SMILES string of the molecule is CC(C)CC(NC(=O)C(N)CO)C(=O)NC(CCCN=C(N)N)C(=O)NC(CCC(N)=O)C(=O)O. The number of aliphatic carboxylic acids is 1. The summed E-state index contributed by atoms with van der Waals surface area (Å²) in [4.78, 5) is 64.2. The minimum Gasteiger partial charge on any atom is -0.480 e. The molecule has 0 aliphatic heterocycles. The van der Waals surface area contributed by atoms with Crippen LogP contribution in [-0.4, -0.2) is 83.1 Å². The zero-order valence-electron chi connectivity index (χ0n) is 20.0. The summed E-state index contributed by atoms with van der Waals surface area (Å²) in [7, 11) is 0. The summed E-state index contributed by atoms with van der Waals surface area (Å²) < 4.78 is 0. The van der Waals surface area contributed by atoms with Crippen molar-refractivity contribution in [1.29, 1.82) is 0 Å². The van der Waals surface area contributed by atoms with Gasteiger partial charge in [-0.3, -0.25) is 24.2 Å². The predicted molar refractivity (Wildman–Crippen MR) is 126 cm³/mol. The molecule has 0 saturated heterocycles. The number of nitrogens with two attached hydrogens (primary N) is 4. The molecule has 15 heteroatoms. The molecule has 0 aromatic heterocycles. The fourth-order valence-electron chi connectivity index (χ4n) is 2.93. The number of hydrogen-bond acceptors (Lipinski definition) is 8. The maximum Gasteiger partial charge on any atom is 0.326 e. The molecule has 35 heavy (non-hydrogen) atoms. The van der Waals surface area contributed by atoms with Gasteiger partial charge in [0.15, 0.2) is 5.96 Å². The fraction of sp³-hybridized carbons (Fsp3) is 0.700. The average Bonchev–Trinajstić information content (AvgIpc) is 2.76. The number of aliphatic hydroxyl groups excluding tert-OH is 1. The van der Waals surface area contributed by atoms with Crippen LogP contribution in [0.4, 0.5) is 0 Å². The zero-order chi connectivity index (χ0) is 27.1. The standard InChI is InChI=1S/C20H38N8O7/c1-10(2)8-14(28-16(31)11(21)9-29)18(33)26-12(4-3-7-25-20(23)24)17(32)27-13(19(34)35)5-6-15(22)30/h10-14,29H,3-9,21H2,1-2H3,(H2,22,30)(H,26,33)(H,27,32)(H,28,31)(H,34,35)(H4,23,24,25). The van der Waals surface area contributed by atoms with Crippen LogP contribution in [0.15, 0.2) is 4.99 Å². The van der Waals surface area contributed by atoms with Crippen molar-refractivity contribution in [2.24, 2.45) is 33.8 Å². The largest absolute Gasteiger partial charge is 0.480 e. The maximum atomic E-state index is 13.0. The van der Waals surface area contributed by atoms with Crippen LogP contribution in [0.2, 0.25) is 0 Å². The van der Waals surface area contributed by atoms with E-state index in [2.05, 4.69) is 20.9 Å². The number of amides is 4. The molecule has 0 aliphatic rings. The number of carbonyl (C=O) groups is 5. The number of aliphatic hydroxyl groups is 1. The number of primary amides is 1. The van der Waals surface area contributed by atoms with E-state index in [1.54, 1.807) is 0 Å². The van der Waals surface area contributed by atoms with Gasteiger partial charge in [0, 0.05) is 13.0 Å². The molecule has 0 heterocycles. The highest BCUT2D eigenvalue weighted by molar-refractivity contribution is 5.94. The molecule has 0 spiro atoms. The van der Waals surface area contributed by atoms with Crippen molar-refractivity contribution >= 4 is 35.6 Å². The number of rotatable bonds is 17. The second kappa shape index (κ2) is 16.2. The molecule has 13 N–H and O–H groups in total. The van der Waals surface area contributed by atoms with Crippen LogP contribution < -0.4 is 38.9 Å². The van der Waals surface area contributed by atoms with E-state index in [1.165, 1.54) is 0 Å². The molecule has 0 fully saturated rings. The van der Waals surface area contributed by atoms with Gasteiger partial charge in [-0.2, -0.15) is 0 Å². The molecule has 0 radical (unpaired) electrons. The van der Waals surface area contributed by atoms with E-state index in [4.69, 9.17) is 28.0 Å². The lowest BCUT2D eigenvalue weighted by atomic mass is 10.0. The first-order valence-electron chi connectivity index (χ1n) is 11.1. The summed E-state index contributed by atoms with van der Waals surface area (Å²) in [6.45, 7) is 3.14.